The molecule has 0 saturated carbocycles. The molecule has 21 heavy (non-hydrogen) atoms. The molecule has 1 saturated heterocycles. The fraction of sp³-hybridized carbons (Fsp3) is 0.647. The zero-order chi connectivity index (χ0) is 15.4. The van der Waals surface area contributed by atoms with Gasteiger partial charge in [-0.3, -0.25) is 0 Å². The lowest BCUT2D eigenvalue weighted by Crippen LogP contribution is -2.33. The van der Waals surface area contributed by atoms with Gasteiger partial charge in [0, 0.05) is 0 Å². The van der Waals surface area contributed by atoms with E-state index in [1.165, 1.54) is 5.56 Å². The van der Waals surface area contributed by atoms with Crippen LogP contribution in [-0.2, 0) is 20.7 Å². The smallest absolute Gasteiger partial charge is 0.404 e. The first-order valence-electron chi connectivity index (χ1n) is 7.95. The third-order valence-electron chi connectivity index (χ3n) is 3.96. The maximum Gasteiger partial charge on any atom is 0.488 e. The average Bonchev–Trinajstić information content (AvgIpc) is 2.91. The van der Waals surface area contributed by atoms with Crippen LogP contribution in [0.15, 0.2) is 30.3 Å². The fourth-order valence-corrected chi connectivity index (χ4v) is 2.67. The lowest BCUT2D eigenvalue weighted by atomic mass is 9.82. The summed E-state index contributed by atoms with van der Waals surface area (Å²) in [5, 5.41) is 0. The van der Waals surface area contributed by atoms with E-state index >= 15 is 0 Å². The van der Waals surface area contributed by atoms with Crippen LogP contribution < -0.4 is 0 Å². The maximum atomic E-state index is 6.10. The first kappa shape index (κ1) is 16.5. The van der Waals surface area contributed by atoms with Gasteiger partial charge in [-0.25, -0.2) is 0 Å². The van der Waals surface area contributed by atoms with E-state index < -0.39 is 0 Å². The van der Waals surface area contributed by atoms with Crippen molar-refractivity contribution >= 4 is 7.12 Å². The summed E-state index contributed by atoms with van der Waals surface area (Å²) in [6.45, 7) is 11.3. The van der Waals surface area contributed by atoms with Crippen molar-refractivity contribution in [2.24, 2.45) is 11.8 Å². The minimum absolute atomic E-state index is 0.0739. The molecule has 3 atom stereocenters. The monoisotopic (exact) mass is 290 g/mol. The predicted molar refractivity (Wildman–Crippen MR) is 85.9 cm³/mol. The molecule has 0 amide bonds. The van der Waals surface area contributed by atoms with E-state index in [1.807, 2.05) is 25.1 Å². The Balaban J connectivity index is 1.89. The van der Waals surface area contributed by atoms with Gasteiger partial charge in [-0.1, -0.05) is 58.0 Å². The Morgan fingerprint density at radius 2 is 1.48 bits per heavy atom. The van der Waals surface area contributed by atoms with Crippen molar-refractivity contribution < 1.29 is 14.0 Å². The summed E-state index contributed by atoms with van der Waals surface area (Å²) < 4.78 is 18.1. The maximum absolute atomic E-state index is 6.10. The highest BCUT2D eigenvalue weighted by Gasteiger charge is 2.45. The predicted octanol–water partition coefficient (Wildman–Crippen LogP) is 3.72. The molecule has 1 aliphatic heterocycles. The topological polar surface area (TPSA) is 27.7 Å². The molecular formula is C17H27BO3. The van der Waals surface area contributed by atoms with Gasteiger partial charge < -0.3 is 14.0 Å². The standard InChI is InChI=1S/C17H27BO3/c1-12(2)16-17(13(3)4)21-18(20-16)14(5)19-11-15-9-7-6-8-10-15/h6-10,12-14,16-17H,11H2,1-5H3/t14?,16-,17-/m0/s1. The summed E-state index contributed by atoms with van der Waals surface area (Å²) in [5.74, 6) is 0.896. The molecule has 1 heterocycles. The molecule has 3 nitrogen and oxygen atoms in total. The number of benzene rings is 1. The van der Waals surface area contributed by atoms with Crippen LogP contribution in [0.5, 0.6) is 0 Å². The Labute approximate surface area is 129 Å². The Kier molecular flexibility index (Phi) is 5.85. The number of rotatable bonds is 6. The number of hydrogen-bond donors (Lipinski definition) is 0. The van der Waals surface area contributed by atoms with Gasteiger partial charge in [0.2, 0.25) is 0 Å². The van der Waals surface area contributed by atoms with Crippen molar-refractivity contribution in [2.75, 3.05) is 0 Å². The quantitative estimate of drug-likeness (QED) is 0.747. The molecule has 116 valence electrons. The lowest BCUT2D eigenvalue weighted by Gasteiger charge is -2.24. The normalized spacial score (nSPS) is 24.0. The SMILES string of the molecule is CC(OCc1ccccc1)B1O[C@@H](C(C)C)[C@H](C(C)C)O1. The second-order valence-corrected chi connectivity index (χ2v) is 6.56. The highest BCUT2D eigenvalue weighted by Crippen LogP contribution is 2.29. The fourth-order valence-electron chi connectivity index (χ4n) is 2.67. The largest absolute Gasteiger partial charge is 0.488 e. The van der Waals surface area contributed by atoms with E-state index in [9.17, 15) is 0 Å². The summed E-state index contributed by atoms with van der Waals surface area (Å²) >= 11 is 0. The molecule has 0 radical (unpaired) electrons. The van der Waals surface area contributed by atoms with Crippen LogP contribution in [0.25, 0.3) is 0 Å². The molecule has 4 heteroatoms. The van der Waals surface area contributed by atoms with Crippen LogP contribution in [0.4, 0.5) is 0 Å². The molecule has 0 bridgehead atoms. The van der Waals surface area contributed by atoms with Gasteiger partial charge in [-0.05, 0) is 24.3 Å². The molecule has 1 unspecified atom stereocenters. The molecule has 1 aromatic carbocycles. The van der Waals surface area contributed by atoms with E-state index in [4.69, 9.17) is 14.0 Å². The van der Waals surface area contributed by atoms with Gasteiger partial charge in [0.1, 0.15) is 0 Å². The van der Waals surface area contributed by atoms with E-state index in [-0.39, 0.29) is 25.3 Å². The van der Waals surface area contributed by atoms with Gasteiger partial charge in [-0.15, -0.1) is 0 Å². The van der Waals surface area contributed by atoms with Crippen molar-refractivity contribution in [3.63, 3.8) is 0 Å². The highest BCUT2D eigenvalue weighted by molar-refractivity contribution is 6.46. The van der Waals surface area contributed by atoms with Gasteiger partial charge in [0.05, 0.1) is 24.8 Å². The van der Waals surface area contributed by atoms with E-state index in [2.05, 4.69) is 39.8 Å². The number of ether oxygens (including phenoxy) is 1. The first-order chi connectivity index (χ1) is 9.99. The second kappa shape index (κ2) is 7.43. The Morgan fingerprint density at radius 3 is 1.95 bits per heavy atom. The third-order valence-corrected chi connectivity index (χ3v) is 3.96. The van der Waals surface area contributed by atoms with E-state index in [0.717, 1.165) is 0 Å². The van der Waals surface area contributed by atoms with Crippen molar-refractivity contribution in [1.29, 1.82) is 0 Å². The van der Waals surface area contributed by atoms with Crippen LogP contribution in [0, 0.1) is 11.8 Å². The van der Waals surface area contributed by atoms with Gasteiger partial charge >= 0.3 is 7.12 Å². The third kappa shape index (κ3) is 4.32. The Hall–Kier alpha value is -0.835. The summed E-state index contributed by atoms with van der Waals surface area (Å²) in [4.78, 5) is 0. The molecule has 1 aromatic rings. The summed E-state index contributed by atoms with van der Waals surface area (Å²) in [6, 6.07) is 10.1. The van der Waals surface area contributed by atoms with E-state index in [0.29, 0.717) is 18.4 Å². The molecule has 0 spiro atoms. The second-order valence-electron chi connectivity index (χ2n) is 6.56. The minimum atomic E-state index is -0.270. The van der Waals surface area contributed by atoms with Gasteiger partial charge in [0.15, 0.2) is 0 Å². The Bertz CT molecular complexity index is 405. The van der Waals surface area contributed by atoms with Crippen molar-refractivity contribution in [3.05, 3.63) is 35.9 Å². The molecule has 1 aliphatic rings. The zero-order valence-electron chi connectivity index (χ0n) is 13.8. The Morgan fingerprint density at radius 1 is 0.952 bits per heavy atom. The van der Waals surface area contributed by atoms with Crippen molar-refractivity contribution in [3.8, 4) is 0 Å². The molecule has 0 aliphatic carbocycles. The lowest BCUT2D eigenvalue weighted by molar-refractivity contribution is 0.0736. The zero-order valence-corrected chi connectivity index (χ0v) is 13.8. The number of hydrogen-bond acceptors (Lipinski definition) is 3. The highest BCUT2D eigenvalue weighted by atomic mass is 16.7. The van der Waals surface area contributed by atoms with Crippen LogP contribution in [0.2, 0.25) is 0 Å². The molecule has 0 aromatic heterocycles. The van der Waals surface area contributed by atoms with Crippen LogP contribution in [-0.4, -0.2) is 25.3 Å². The molecule has 0 N–H and O–H groups in total. The summed E-state index contributed by atoms with van der Waals surface area (Å²) in [7, 11) is -0.270. The molecular weight excluding hydrogens is 263 g/mol. The van der Waals surface area contributed by atoms with Gasteiger partial charge in [-0.2, -0.15) is 0 Å². The first-order valence-corrected chi connectivity index (χ1v) is 7.95. The van der Waals surface area contributed by atoms with Crippen molar-refractivity contribution in [1.82, 2.24) is 0 Å². The molecule has 2 rings (SSSR count). The van der Waals surface area contributed by atoms with Crippen LogP contribution in [0.3, 0.4) is 0 Å². The van der Waals surface area contributed by atoms with Crippen LogP contribution in [0.1, 0.15) is 40.2 Å². The summed E-state index contributed by atoms with van der Waals surface area (Å²) in [6.07, 6.45) is 0.301. The van der Waals surface area contributed by atoms with Crippen molar-refractivity contribution in [2.45, 2.75) is 59.4 Å². The average molecular weight is 290 g/mol. The van der Waals surface area contributed by atoms with Gasteiger partial charge in [0.25, 0.3) is 0 Å². The summed E-state index contributed by atoms with van der Waals surface area (Å²) in [5.41, 5.74) is 1.17. The molecule has 1 fully saturated rings. The minimum Gasteiger partial charge on any atom is -0.404 e. The van der Waals surface area contributed by atoms with Crippen LogP contribution >= 0.6 is 0 Å². The van der Waals surface area contributed by atoms with E-state index in [1.54, 1.807) is 0 Å².